The zero-order valence-corrected chi connectivity index (χ0v) is 6.66. The average Bonchev–Trinajstić information content (AvgIpc) is 2.05. The first-order valence-corrected chi connectivity index (χ1v) is 3.82. The highest BCUT2D eigenvalue weighted by atomic mass is 16.3. The molecule has 0 unspecified atom stereocenters. The van der Waals surface area contributed by atoms with Crippen molar-refractivity contribution >= 4 is 5.91 Å². The molecule has 1 N–H and O–H groups in total. The lowest BCUT2D eigenvalue weighted by molar-refractivity contribution is -0.139. The number of amides is 1. The first-order chi connectivity index (χ1) is 5.22. The van der Waals surface area contributed by atoms with Gasteiger partial charge in [0.05, 0.1) is 0 Å². The molecule has 1 amide bonds. The number of hydrogen-bond donors (Lipinski definition) is 1. The summed E-state index contributed by atoms with van der Waals surface area (Å²) in [4.78, 5) is 12.8. The number of aliphatic hydroxyl groups is 1. The molecule has 63 valence electrons. The van der Waals surface area contributed by atoms with E-state index in [1.165, 1.54) is 6.92 Å². The quantitative estimate of drug-likeness (QED) is 0.520. The minimum absolute atomic E-state index is 0.181. The predicted octanol–water partition coefficient (Wildman–Crippen LogP) is -1.19. The molecule has 1 rings (SSSR count). The molecular weight excluding hydrogens is 144 g/mol. The van der Waals surface area contributed by atoms with E-state index in [4.69, 9.17) is 5.11 Å². The molecule has 4 nitrogen and oxygen atoms in total. The van der Waals surface area contributed by atoms with Crippen LogP contribution >= 0.6 is 0 Å². The molecule has 1 aliphatic rings. The third-order valence-corrected chi connectivity index (χ3v) is 1.73. The summed E-state index contributed by atoms with van der Waals surface area (Å²) in [6.07, 6.45) is -0.868. The molecule has 1 saturated heterocycles. The van der Waals surface area contributed by atoms with Crippen molar-refractivity contribution in [1.29, 1.82) is 0 Å². The van der Waals surface area contributed by atoms with Gasteiger partial charge in [0.2, 0.25) is 0 Å². The first kappa shape index (κ1) is 8.49. The Hall–Kier alpha value is -0.610. The molecular formula is C7H13N2O2. The van der Waals surface area contributed by atoms with Crippen molar-refractivity contribution in [3.8, 4) is 0 Å². The van der Waals surface area contributed by atoms with Gasteiger partial charge in [-0.05, 0) is 6.92 Å². The Balaban J connectivity index is 2.39. The maximum atomic E-state index is 11.1. The molecule has 0 aromatic rings. The number of carbonyl (C=O) groups excluding carboxylic acids is 1. The van der Waals surface area contributed by atoms with Crippen LogP contribution in [0.2, 0.25) is 0 Å². The maximum Gasteiger partial charge on any atom is 0.251 e. The minimum Gasteiger partial charge on any atom is -0.384 e. The van der Waals surface area contributed by atoms with Crippen molar-refractivity contribution in [3.05, 3.63) is 0 Å². The summed E-state index contributed by atoms with van der Waals surface area (Å²) in [7, 11) is 0. The molecule has 1 radical (unpaired) electrons. The molecule has 0 saturated carbocycles. The number of nitrogens with zero attached hydrogens (tertiary/aromatic N) is 2. The van der Waals surface area contributed by atoms with Crippen LogP contribution in [0.15, 0.2) is 0 Å². The smallest absolute Gasteiger partial charge is 0.251 e. The summed E-state index contributed by atoms with van der Waals surface area (Å²) < 4.78 is 0. The average molecular weight is 157 g/mol. The Morgan fingerprint density at radius 1 is 1.55 bits per heavy atom. The van der Waals surface area contributed by atoms with Crippen LogP contribution in [0.3, 0.4) is 0 Å². The van der Waals surface area contributed by atoms with Crippen LogP contribution in [0.25, 0.3) is 0 Å². The van der Waals surface area contributed by atoms with Gasteiger partial charge in [-0.25, -0.2) is 5.32 Å². The molecule has 1 heterocycles. The summed E-state index contributed by atoms with van der Waals surface area (Å²) in [5.74, 6) is -0.181. The normalized spacial score (nSPS) is 21.5. The number of hydrogen-bond acceptors (Lipinski definition) is 2. The second-order valence-electron chi connectivity index (χ2n) is 2.67. The third-order valence-electron chi connectivity index (χ3n) is 1.73. The van der Waals surface area contributed by atoms with Crippen molar-refractivity contribution in [1.82, 2.24) is 10.2 Å². The van der Waals surface area contributed by atoms with Crippen LogP contribution in [-0.2, 0) is 4.79 Å². The van der Waals surface area contributed by atoms with Gasteiger partial charge in [0.15, 0.2) is 0 Å². The van der Waals surface area contributed by atoms with Crippen LogP contribution in [0.1, 0.15) is 6.92 Å². The van der Waals surface area contributed by atoms with E-state index in [9.17, 15) is 4.79 Å². The Morgan fingerprint density at radius 3 is 2.55 bits per heavy atom. The van der Waals surface area contributed by atoms with Gasteiger partial charge >= 0.3 is 0 Å². The van der Waals surface area contributed by atoms with Crippen LogP contribution in [-0.4, -0.2) is 48.2 Å². The summed E-state index contributed by atoms with van der Waals surface area (Å²) in [5.41, 5.74) is 0. The largest absolute Gasteiger partial charge is 0.384 e. The standard InChI is InChI=1S/C7H13N2O2/c1-6(10)7(11)9-4-2-8-3-5-9/h6,10H,2-5H2,1H3/t6-/m0/s1. The number of carbonyl (C=O) groups is 1. The van der Waals surface area contributed by atoms with E-state index in [1.807, 2.05) is 0 Å². The van der Waals surface area contributed by atoms with Crippen molar-refractivity contribution in [2.45, 2.75) is 13.0 Å². The second kappa shape index (κ2) is 3.69. The summed E-state index contributed by atoms with van der Waals surface area (Å²) in [5, 5.41) is 13.0. The number of piperazine rings is 1. The van der Waals surface area contributed by atoms with Gasteiger partial charge in [-0.15, -0.1) is 0 Å². The van der Waals surface area contributed by atoms with E-state index in [2.05, 4.69) is 5.32 Å². The number of rotatable bonds is 1. The fourth-order valence-electron chi connectivity index (χ4n) is 1.09. The lowest BCUT2D eigenvalue weighted by Crippen LogP contribution is -2.47. The van der Waals surface area contributed by atoms with Crippen LogP contribution in [0.4, 0.5) is 0 Å². The molecule has 1 fully saturated rings. The molecule has 4 heteroatoms. The van der Waals surface area contributed by atoms with Crippen molar-refractivity contribution in [2.24, 2.45) is 0 Å². The Bertz CT molecular complexity index is 141. The van der Waals surface area contributed by atoms with Gasteiger partial charge in [0, 0.05) is 26.2 Å². The summed E-state index contributed by atoms with van der Waals surface area (Å²) in [6.45, 7) is 4.22. The Kier molecular flexibility index (Phi) is 2.84. The predicted molar refractivity (Wildman–Crippen MR) is 40.1 cm³/mol. The SMILES string of the molecule is C[C@H](O)C(=O)N1CC[N]CC1. The lowest BCUT2D eigenvalue weighted by atomic mass is 10.3. The van der Waals surface area contributed by atoms with E-state index in [0.29, 0.717) is 26.2 Å². The van der Waals surface area contributed by atoms with Gasteiger partial charge < -0.3 is 10.0 Å². The van der Waals surface area contributed by atoms with Gasteiger partial charge in [0.25, 0.3) is 5.91 Å². The molecule has 1 aliphatic heterocycles. The molecule has 0 aromatic heterocycles. The van der Waals surface area contributed by atoms with E-state index >= 15 is 0 Å². The van der Waals surface area contributed by atoms with Crippen molar-refractivity contribution in [2.75, 3.05) is 26.2 Å². The number of aliphatic hydroxyl groups excluding tert-OH is 1. The van der Waals surface area contributed by atoms with Gasteiger partial charge in [-0.1, -0.05) is 0 Å². The van der Waals surface area contributed by atoms with E-state index < -0.39 is 6.10 Å². The lowest BCUT2D eigenvalue weighted by Gasteiger charge is -2.27. The molecule has 11 heavy (non-hydrogen) atoms. The van der Waals surface area contributed by atoms with E-state index in [-0.39, 0.29) is 5.91 Å². The summed E-state index contributed by atoms with van der Waals surface area (Å²) in [6, 6.07) is 0. The second-order valence-corrected chi connectivity index (χ2v) is 2.67. The molecule has 0 aliphatic carbocycles. The van der Waals surface area contributed by atoms with Gasteiger partial charge in [-0.3, -0.25) is 4.79 Å². The molecule has 0 bridgehead atoms. The molecule has 0 aromatic carbocycles. The molecule has 1 atom stereocenters. The highest BCUT2D eigenvalue weighted by Crippen LogP contribution is 1.97. The fraction of sp³-hybridized carbons (Fsp3) is 0.857. The molecule has 0 spiro atoms. The zero-order chi connectivity index (χ0) is 8.27. The van der Waals surface area contributed by atoms with Crippen molar-refractivity contribution < 1.29 is 9.90 Å². The topological polar surface area (TPSA) is 54.6 Å². The van der Waals surface area contributed by atoms with Gasteiger partial charge in [-0.2, -0.15) is 0 Å². The first-order valence-electron chi connectivity index (χ1n) is 3.82. The summed E-state index contributed by atoms with van der Waals surface area (Å²) >= 11 is 0. The van der Waals surface area contributed by atoms with Crippen LogP contribution < -0.4 is 5.32 Å². The van der Waals surface area contributed by atoms with Gasteiger partial charge in [0.1, 0.15) is 6.10 Å². The zero-order valence-electron chi connectivity index (χ0n) is 6.66. The highest BCUT2D eigenvalue weighted by molar-refractivity contribution is 5.80. The fourth-order valence-corrected chi connectivity index (χ4v) is 1.09. The maximum absolute atomic E-state index is 11.1. The monoisotopic (exact) mass is 157 g/mol. The Labute approximate surface area is 66.2 Å². The van der Waals surface area contributed by atoms with Crippen LogP contribution in [0, 0.1) is 0 Å². The van der Waals surface area contributed by atoms with E-state index in [1.54, 1.807) is 4.90 Å². The minimum atomic E-state index is -0.868. The third kappa shape index (κ3) is 2.17. The van der Waals surface area contributed by atoms with Crippen molar-refractivity contribution in [3.63, 3.8) is 0 Å². The Morgan fingerprint density at radius 2 is 2.09 bits per heavy atom. The van der Waals surface area contributed by atoms with E-state index in [0.717, 1.165) is 0 Å². The highest BCUT2D eigenvalue weighted by Gasteiger charge is 2.19. The van der Waals surface area contributed by atoms with Crippen LogP contribution in [0.5, 0.6) is 0 Å².